The number of fused-ring (bicyclic) bond motifs is 1. The molecule has 0 atom stereocenters. The van der Waals surface area contributed by atoms with Gasteiger partial charge in [-0.1, -0.05) is 12.1 Å². The van der Waals surface area contributed by atoms with E-state index in [0.717, 1.165) is 11.1 Å². The van der Waals surface area contributed by atoms with Crippen molar-refractivity contribution >= 4 is 16.7 Å². The van der Waals surface area contributed by atoms with Gasteiger partial charge in [0.15, 0.2) is 5.69 Å². The van der Waals surface area contributed by atoms with Crippen molar-refractivity contribution in [2.75, 3.05) is 0 Å². The highest BCUT2D eigenvalue weighted by molar-refractivity contribution is 5.95. The lowest BCUT2D eigenvalue weighted by molar-refractivity contribution is -0.274. The quantitative estimate of drug-likeness (QED) is 0.642. The Morgan fingerprint density at radius 1 is 1.17 bits per heavy atom. The summed E-state index contributed by atoms with van der Waals surface area (Å²) in [6, 6.07) is 8.90. The van der Waals surface area contributed by atoms with Crippen LogP contribution in [-0.2, 0) is 7.05 Å². The van der Waals surface area contributed by atoms with Crippen LogP contribution in [0, 0.1) is 6.57 Å². The number of benzene rings is 2. The van der Waals surface area contributed by atoms with E-state index < -0.39 is 6.36 Å². The number of aryl methyl sites for hydroxylation is 1. The van der Waals surface area contributed by atoms with Crippen molar-refractivity contribution in [1.82, 2.24) is 9.55 Å². The van der Waals surface area contributed by atoms with Crippen LogP contribution in [0.4, 0.5) is 18.9 Å². The largest absolute Gasteiger partial charge is 0.573 e. The first-order chi connectivity index (χ1) is 10.9. The molecule has 0 aliphatic carbocycles. The lowest BCUT2D eigenvalue weighted by Crippen LogP contribution is -2.16. The summed E-state index contributed by atoms with van der Waals surface area (Å²) >= 11 is 0. The number of aromatic nitrogens is 2. The van der Waals surface area contributed by atoms with Gasteiger partial charge in [-0.15, -0.1) is 13.2 Å². The van der Waals surface area contributed by atoms with Crippen LogP contribution >= 0.6 is 0 Å². The molecule has 23 heavy (non-hydrogen) atoms. The standard InChI is InChI=1S/C16H10F3N3O/c1-20-11-7-13(15-14(8-11)21-9-22(15)2)10-3-5-12(6-4-10)23-16(17,18)19/h3-9H,2H3. The molecule has 2 aromatic carbocycles. The highest BCUT2D eigenvalue weighted by Crippen LogP contribution is 2.34. The van der Waals surface area contributed by atoms with Gasteiger partial charge in [0, 0.05) is 7.05 Å². The Morgan fingerprint density at radius 3 is 2.48 bits per heavy atom. The number of alkyl halides is 3. The van der Waals surface area contributed by atoms with Gasteiger partial charge in [-0.2, -0.15) is 0 Å². The van der Waals surface area contributed by atoms with Crippen LogP contribution in [0.3, 0.4) is 0 Å². The summed E-state index contributed by atoms with van der Waals surface area (Å²) < 4.78 is 42.3. The lowest BCUT2D eigenvalue weighted by atomic mass is 10.0. The molecule has 3 aromatic rings. The van der Waals surface area contributed by atoms with Crippen LogP contribution in [0.1, 0.15) is 0 Å². The summed E-state index contributed by atoms with van der Waals surface area (Å²) in [5.74, 6) is -0.288. The second-order valence-corrected chi connectivity index (χ2v) is 4.90. The smallest absolute Gasteiger partial charge is 0.406 e. The van der Waals surface area contributed by atoms with E-state index in [4.69, 9.17) is 6.57 Å². The molecule has 0 aliphatic rings. The second kappa shape index (κ2) is 5.32. The highest BCUT2D eigenvalue weighted by Gasteiger charge is 2.31. The predicted octanol–water partition coefficient (Wildman–Crippen LogP) is 4.69. The fraction of sp³-hybridized carbons (Fsp3) is 0.125. The molecule has 0 N–H and O–H groups in total. The Bertz CT molecular complexity index is 905. The number of rotatable bonds is 2. The molecule has 0 saturated carbocycles. The third-order valence-electron chi connectivity index (χ3n) is 3.33. The summed E-state index contributed by atoms with van der Waals surface area (Å²) in [7, 11) is 1.82. The molecule has 1 aromatic heterocycles. The maximum absolute atomic E-state index is 12.2. The van der Waals surface area contributed by atoms with E-state index in [1.807, 2.05) is 7.05 Å². The van der Waals surface area contributed by atoms with Gasteiger partial charge in [0.2, 0.25) is 0 Å². The van der Waals surface area contributed by atoms with Crippen molar-refractivity contribution in [2.45, 2.75) is 6.36 Å². The van der Waals surface area contributed by atoms with E-state index in [1.165, 1.54) is 24.3 Å². The van der Waals surface area contributed by atoms with Gasteiger partial charge in [-0.05, 0) is 35.4 Å². The van der Waals surface area contributed by atoms with Crippen molar-refractivity contribution in [3.8, 4) is 16.9 Å². The SMILES string of the molecule is [C-]#[N+]c1cc(-c2ccc(OC(F)(F)F)cc2)c2c(c1)ncn2C. The van der Waals surface area contributed by atoms with Gasteiger partial charge >= 0.3 is 6.36 Å². The molecular weight excluding hydrogens is 307 g/mol. The minimum atomic E-state index is -4.72. The van der Waals surface area contributed by atoms with E-state index in [0.29, 0.717) is 16.8 Å². The topological polar surface area (TPSA) is 31.4 Å². The molecule has 1 heterocycles. The van der Waals surface area contributed by atoms with Crippen molar-refractivity contribution in [3.05, 3.63) is 54.1 Å². The molecule has 0 unspecified atom stereocenters. The third kappa shape index (κ3) is 2.97. The maximum Gasteiger partial charge on any atom is 0.573 e. The van der Waals surface area contributed by atoms with Crippen LogP contribution in [0.5, 0.6) is 5.75 Å². The summed E-state index contributed by atoms with van der Waals surface area (Å²) in [6.07, 6.45) is -3.09. The molecule has 0 bridgehead atoms. The van der Waals surface area contributed by atoms with Crippen LogP contribution in [0.25, 0.3) is 27.0 Å². The Morgan fingerprint density at radius 2 is 1.87 bits per heavy atom. The minimum Gasteiger partial charge on any atom is -0.406 e. The van der Waals surface area contributed by atoms with Crippen molar-refractivity contribution in [3.63, 3.8) is 0 Å². The van der Waals surface area contributed by atoms with Crippen molar-refractivity contribution in [1.29, 1.82) is 0 Å². The van der Waals surface area contributed by atoms with Crippen LogP contribution in [-0.4, -0.2) is 15.9 Å². The summed E-state index contributed by atoms with van der Waals surface area (Å²) in [6.45, 7) is 7.16. The molecule has 0 amide bonds. The van der Waals surface area contributed by atoms with Crippen molar-refractivity contribution < 1.29 is 17.9 Å². The van der Waals surface area contributed by atoms with Crippen LogP contribution in [0.15, 0.2) is 42.7 Å². The first kappa shape index (κ1) is 14.9. The number of halogens is 3. The van der Waals surface area contributed by atoms with Gasteiger partial charge in [0.1, 0.15) is 5.75 Å². The molecule has 0 fully saturated rings. The molecule has 4 nitrogen and oxygen atoms in total. The molecule has 0 aliphatic heterocycles. The zero-order valence-electron chi connectivity index (χ0n) is 11.9. The third-order valence-corrected chi connectivity index (χ3v) is 3.33. The lowest BCUT2D eigenvalue weighted by Gasteiger charge is -2.10. The van der Waals surface area contributed by atoms with Gasteiger partial charge in [-0.3, -0.25) is 0 Å². The van der Waals surface area contributed by atoms with Crippen LogP contribution in [0.2, 0.25) is 0 Å². The average Bonchev–Trinajstić information content (AvgIpc) is 2.87. The molecule has 0 spiro atoms. The molecule has 0 saturated heterocycles. The molecule has 0 radical (unpaired) electrons. The Balaban J connectivity index is 2.09. The Kier molecular flexibility index (Phi) is 3.45. The Hall–Kier alpha value is -3.01. The van der Waals surface area contributed by atoms with Crippen LogP contribution < -0.4 is 4.74 Å². The fourth-order valence-electron chi connectivity index (χ4n) is 2.40. The molecule has 7 heteroatoms. The summed E-state index contributed by atoms with van der Waals surface area (Å²) in [5, 5.41) is 0. The number of hydrogen-bond acceptors (Lipinski definition) is 2. The van der Waals surface area contributed by atoms with E-state index in [2.05, 4.69) is 14.6 Å². The number of ether oxygens (including phenoxy) is 1. The molecular formula is C16H10F3N3O. The monoisotopic (exact) mass is 317 g/mol. The van der Waals surface area contributed by atoms with Gasteiger partial charge in [-0.25, -0.2) is 9.83 Å². The van der Waals surface area contributed by atoms with Gasteiger partial charge in [0.25, 0.3) is 0 Å². The van der Waals surface area contributed by atoms with E-state index in [1.54, 1.807) is 23.0 Å². The van der Waals surface area contributed by atoms with Gasteiger partial charge in [0.05, 0.1) is 23.9 Å². The number of imidazole rings is 1. The normalized spacial score (nSPS) is 11.4. The maximum atomic E-state index is 12.2. The first-order valence-corrected chi connectivity index (χ1v) is 6.56. The van der Waals surface area contributed by atoms with E-state index in [9.17, 15) is 13.2 Å². The zero-order valence-corrected chi connectivity index (χ0v) is 11.9. The first-order valence-electron chi connectivity index (χ1n) is 6.56. The number of nitrogens with zero attached hydrogens (tertiary/aromatic N) is 3. The highest BCUT2D eigenvalue weighted by atomic mass is 19.4. The van der Waals surface area contributed by atoms with E-state index >= 15 is 0 Å². The van der Waals surface area contributed by atoms with Crippen molar-refractivity contribution in [2.24, 2.45) is 7.05 Å². The number of hydrogen-bond donors (Lipinski definition) is 0. The van der Waals surface area contributed by atoms with E-state index in [-0.39, 0.29) is 5.75 Å². The summed E-state index contributed by atoms with van der Waals surface area (Å²) in [4.78, 5) is 7.63. The second-order valence-electron chi connectivity index (χ2n) is 4.90. The predicted molar refractivity (Wildman–Crippen MR) is 79.1 cm³/mol. The van der Waals surface area contributed by atoms with Gasteiger partial charge < -0.3 is 9.30 Å². The minimum absolute atomic E-state index is 0.288. The zero-order chi connectivity index (χ0) is 16.6. The Labute approximate surface area is 129 Å². The average molecular weight is 317 g/mol. The summed E-state index contributed by atoms with van der Waals surface area (Å²) in [5.41, 5.74) is 3.29. The molecule has 116 valence electrons. The molecule has 3 rings (SSSR count). The fourth-order valence-corrected chi connectivity index (χ4v) is 2.40.